The highest BCUT2D eigenvalue weighted by atomic mass is 16.3. The molecule has 1 aliphatic rings. The molecule has 1 aliphatic carbocycles. The van der Waals surface area contributed by atoms with E-state index in [9.17, 15) is 15.3 Å². The van der Waals surface area contributed by atoms with E-state index in [-0.39, 0.29) is 11.5 Å². The van der Waals surface area contributed by atoms with Gasteiger partial charge in [0, 0.05) is 6.54 Å². The van der Waals surface area contributed by atoms with E-state index in [0.717, 1.165) is 35.1 Å². The molecule has 0 aromatic heterocycles. The summed E-state index contributed by atoms with van der Waals surface area (Å²) in [6, 6.07) is 8.73. The predicted molar refractivity (Wildman–Crippen MR) is 94.4 cm³/mol. The van der Waals surface area contributed by atoms with Crippen LogP contribution in [-0.4, -0.2) is 15.3 Å². The van der Waals surface area contributed by atoms with Gasteiger partial charge >= 0.3 is 0 Å². The Morgan fingerprint density at radius 1 is 0.833 bits per heavy atom. The SMILES string of the molecule is NCc1cc(O)c(C2CCCCC2)cc1Cc1ccc(O)c(O)c1. The Balaban J connectivity index is 1.94. The summed E-state index contributed by atoms with van der Waals surface area (Å²) in [6.07, 6.45) is 6.55. The molecule has 1 saturated carbocycles. The van der Waals surface area contributed by atoms with Crippen LogP contribution >= 0.6 is 0 Å². The van der Waals surface area contributed by atoms with Crippen molar-refractivity contribution >= 4 is 0 Å². The van der Waals surface area contributed by atoms with E-state index in [1.807, 2.05) is 0 Å². The highest BCUT2D eigenvalue weighted by Gasteiger charge is 2.20. The Hall–Kier alpha value is -2.20. The molecule has 24 heavy (non-hydrogen) atoms. The van der Waals surface area contributed by atoms with Gasteiger partial charge in [-0.2, -0.15) is 0 Å². The van der Waals surface area contributed by atoms with E-state index in [1.165, 1.54) is 25.3 Å². The lowest BCUT2D eigenvalue weighted by atomic mass is 9.82. The first-order chi connectivity index (χ1) is 11.6. The molecule has 0 heterocycles. The van der Waals surface area contributed by atoms with Crippen LogP contribution < -0.4 is 5.73 Å². The van der Waals surface area contributed by atoms with Crippen molar-refractivity contribution in [3.8, 4) is 17.2 Å². The van der Waals surface area contributed by atoms with Crippen molar-refractivity contribution in [2.45, 2.75) is 51.0 Å². The molecule has 0 unspecified atom stereocenters. The van der Waals surface area contributed by atoms with Crippen LogP contribution in [-0.2, 0) is 13.0 Å². The number of benzene rings is 2. The van der Waals surface area contributed by atoms with E-state index in [1.54, 1.807) is 18.2 Å². The number of hydrogen-bond donors (Lipinski definition) is 4. The van der Waals surface area contributed by atoms with Gasteiger partial charge in [-0.25, -0.2) is 0 Å². The van der Waals surface area contributed by atoms with Gasteiger partial charge in [0.1, 0.15) is 5.75 Å². The molecule has 0 amide bonds. The van der Waals surface area contributed by atoms with Crippen molar-refractivity contribution in [3.63, 3.8) is 0 Å². The molecule has 0 atom stereocenters. The molecule has 0 aliphatic heterocycles. The van der Waals surface area contributed by atoms with Gasteiger partial charge in [-0.05, 0) is 65.6 Å². The van der Waals surface area contributed by atoms with Crippen LogP contribution in [0.5, 0.6) is 17.2 Å². The first kappa shape index (κ1) is 16.7. The highest BCUT2D eigenvalue weighted by molar-refractivity contribution is 5.47. The van der Waals surface area contributed by atoms with Gasteiger partial charge in [-0.15, -0.1) is 0 Å². The standard InChI is InChI=1S/C20H25NO3/c21-12-16-11-19(23)17(14-4-2-1-3-5-14)10-15(16)8-13-6-7-18(22)20(24)9-13/h6-7,9-11,14,22-24H,1-5,8,12,21H2. The van der Waals surface area contributed by atoms with Crippen LogP contribution in [0.4, 0.5) is 0 Å². The van der Waals surface area contributed by atoms with Crippen molar-refractivity contribution in [1.29, 1.82) is 0 Å². The first-order valence-electron chi connectivity index (χ1n) is 8.64. The lowest BCUT2D eigenvalue weighted by Gasteiger charge is -2.24. The highest BCUT2D eigenvalue weighted by Crippen LogP contribution is 2.39. The predicted octanol–water partition coefficient (Wildman–Crippen LogP) is 3.90. The summed E-state index contributed by atoms with van der Waals surface area (Å²) in [5, 5.41) is 29.6. The molecular weight excluding hydrogens is 302 g/mol. The fraction of sp³-hybridized carbons (Fsp3) is 0.400. The third-order valence-electron chi connectivity index (χ3n) is 5.05. The summed E-state index contributed by atoms with van der Waals surface area (Å²) in [5.74, 6) is 0.525. The fourth-order valence-corrected chi connectivity index (χ4v) is 3.69. The molecule has 128 valence electrons. The van der Waals surface area contributed by atoms with E-state index in [2.05, 4.69) is 6.07 Å². The lowest BCUT2D eigenvalue weighted by molar-refractivity contribution is 0.403. The minimum Gasteiger partial charge on any atom is -0.508 e. The molecule has 3 rings (SSSR count). The van der Waals surface area contributed by atoms with Crippen molar-refractivity contribution < 1.29 is 15.3 Å². The van der Waals surface area contributed by atoms with Gasteiger partial charge < -0.3 is 21.1 Å². The second-order valence-corrected chi connectivity index (χ2v) is 6.72. The van der Waals surface area contributed by atoms with Gasteiger partial charge in [0.05, 0.1) is 0 Å². The number of rotatable bonds is 4. The molecule has 4 nitrogen and oxygen atoms in total. The Kier molecular flexibility index (Phi) is 4.95. The van der Waals surface area contributed by atoms with Crippen molar-refractivity contribution in [1.82, 2.24) is 0 Å². The number of aromatic hydroxyl groups is 3. The summed E-state index contributed by atoms with van der Waals surface area (Å²) in [4.78, 5) is 0. The quantitative estimate of drug-likeness (QED) is 0.641. The molecule has 2 aromatic carbocycles. The normalized spacial score (nSPS) is 15.5. The van der Waals surface area contributed by atoms with Crippen molar-refractivity contribution in [2.75, 3.05) is 0 Å². The van der Waals surface area contributed by atoms with Gasteiger partial charge in [-0.3, -0.25) is 0 Å². The fourth-order valence-electron chi connectivity index (χ4n) is 3.69. The average Bonchev–Trinajstić information content (AvgIpc) is 2.60. The molecule has 0 saturated heterocycles. The Morgan fingerprint density at radius 3 is 2.25 bits per heavy atom. The Labute approximate surface area is 142 Å². The molecular formula is C20H25NO3. The van der Waals surface area contributed by atoms with Crippen LogP contribution in [0.15, 0.2) is 30.3 Å². The number of phenols is 3. The summed E-state index contributed by atoms with van der Waals surface area (Å²) in [7, 11) is 0. The van der Waals surface area contributed by atoms with E-state index in [0.29, 0.717) is 24.6 Å². The monoisotopic (exact) mass is 327 g/mol. The molecule has 4 heteroatoms. The Bertz CT molecular complexity index is 721. The Morgan fingerprint density at radius 2 is 1.58 bits per heavy atom. The van der Waals surface area contributed by atoms with E-state index < -0.39 is 0 Å². The number of phenolic OH excluding ortho intramolecular Hbond substituents is 3. The zero-order valence-corrected chi connectivity index (χ0v) is 13.8. The van der Waals surface area contributed by atoms with Crippen LogP contribution in [0.25, 0.3) is 0 Å². The molecule has 2 aromatic rings. The second-order valence-electron chi connectivity index (χ2n) is 6.72. The van der Waals surface area contributed by atoms with Crippen molar-refractivity contribution in [2.24, 2.45) is 5.73 Å². The summed E-state index contributed by atoms with van der Waals surface area (Å²) in [6.45, 7) is 0.359. The summed E-state index contributed by atoms with van der Waals surface area (Å²) < 4.78 is 0. The largest absolute Gasteiger partial charge is 0.508 e. The number of hydrogen-bond acceptors (Lipinski definition) is 4. The van der Waals surface area contributed by atoms with Crippen molar-refractivity contribution in [3.05, 3.63) is 52.6 Å². The summed E-state index contributed by atoms with van der Waals surface area (Å²) in [5.41, 5.74) is 9.76. The van der Waals surface area contributed by atoms with Crippen LogP contribution in [0.2, 0.25) is 0 Å². The van der Waals surface area contributed by atoms with Gasteiger partial charge in [0.2, 0.25) is 0 Å². The maximum Gasteiger partial charge on any atom is 0.157 e. The first-order valence-corrected chi connectivity index (χ1v) is 8.64. The molecule has 1 fully saturated rings. The second kappa shape index (κ2) is 7.14. The van der Waals surface area contributed by atoms with E-state index in [4.69, 9.17) is 5.73 Å². The minimum atomic E-state index is -0.119. The topological polar surface area (TPSA) is 86.7 Å². The van der Waals surface area contributed by atoms with Gasteiger partial charge in [-0.1, -0.05) is 31.4 Å². The third-order valence-corrected chi connectivity index (χ3v) is 5.05. The minimum absolute atomic E-state index is 0.118. The maximum absolute atomic E-state index is 10.4. The number of nitrogens with two attached hydrogens (primary N) is 1. The molecule has 0 radical (unpaired) electrons. The smallest absolute Gasteiger partial charge is 0.157 e. The zero-order valence-electron chi connectivity index (χ0n) is 13.8. The van der Waals surface area contributed by atoms with Crippen LogP contribution in [0.3, 0.4) is 0 Å². The zero-order chi connectivity index (χ0) is 17.1. The van der Waals surface area contributed by atoms with Gasteiger partial charge in [0.25, 0.3) is 0 Å². The van der Waals surface area contributed by atoms with Gasteiger partial charge in [0.15, 0.2) is 11.5 Å². The molecule has 0 bridgehead atoms. The molecule has 5 N–H and O–H groups in total. The maximum atomic E-state index is 10.4. The third kappa shape index (κ3) is 3.49. The van der Waals surface area contributed by atoms with E-state index >= 15 is 0 Å². The van der Waals surface area contributed by atoms with Crippen LogP contribution in [0.1, 0.15) is 60.3 Å². The van der Waals surface area contributed by atoms with Crippen LogP contribution in [0, 0.1) is 0 Å². The average molecular weight is 327 g/mol. The lowest BCUT2D eigenvalue weighted by Crippen LogP contribution is -2.08. The molecule has 0 spiro atoms. The summed E-state index contributed by atoms with van der Waals surface area (Å²) >= 11 is 0.